The summed E-state index contributed by atoms with van der Waals surface area (Å²) < 4.78 is 6.37. The molecule has 0 aliphatic heterocycles. The second-order valence-electron chi connectivity index (χ2n) is 9.68. The Hall–Kier alpha value is -5.35. The Morgan fingerprint density at radius 1 is 0.462 bits per heavy atom. The van der Waals surface area contributed by atoms with Crippen LogP contribution in [0, 0.1) is 0 Å². The molecule has 0 radical (unpaired) electrons. The fraction of sp³-hybridized carbons (Fsp3) is 0. The van der Waals surface area contributed by atoms with Crippen molar-refractivity contribution < 1.29 is 4.42 Å². The second kappa shape index (κ2) is 8.61. The van der Waals surface area contributed by atoms with E-state index in [1.165, 1.54) is 0 Å². The summed E-state index contributed by atoms with van der Waals surface area (Å²) in [5, 5.41) is 5.44. The van der Waals surface area contributed by atoms with E-state index in [2.05, 4.69) is 54.6 Å². The van der Waals surface area contributed by atoms with Crippen molar-refractivity contribution in [1.29, 1.82) is 0 Å². The predicted molar refractivity (Wildman–Crippen MR) is 158 cm³/mol. The Balaban J connectivity index is 1.33. The van der Waals surface area contributed by atoms with E-state index in [0.29, 0.717) is 11.7 Å². The van der Waals surface area contributed by atoms with Crippen molar-refractivity contribution in [3.05, 3.63) is 127 Å². The van der Waals surface area contributed by atoms with E-state index in [1.54, 1.807) is 0 Å². The van der Waals surface area contributed by atoms with Crippen molar-refractivity contribution in [2.24, 2.45) is 0 Å². The molecule has 182 valence electrons. The molecule has 8 aromatic rings. The van der Waals surface area contributed by atoms with Gasteiger partial charge in [-0.3, -0.25) is 0 Å². The van der Waals surface area contributed by atoms with Gasteiger partial charge in [0, 0.05) is 27.5 Å². The second-order valence-corrected chi connectivity index (χ2v) is 9.68. The van der Waals surface area contributed by atoms with Gasteiger partial charge in [0.1, 0.15) is 5.52 Å². The summed E-state index contributed by atoms with van der Waals surface area (Å²) in [6, 6.07) is 43.4. The Kier molecular flexibility index (Phi) is 4.79. The van der Waals surface area contributed by atoms with E-state index in [4.69, 9.17) is 19.4 Å². The standard InChI is InChI=1S/C35H21N3O/c1-3-9-23(10-4-1)32-28-13-7-8-14-29(28)36-34(38-32)26-17-19-27-25(21-26)16-15-22-18-20-30-33(31(22)27)39-35(37-30)24-11-5-2-6-12-24/h1-21H. The SMILES string of the molecule is c1ccc(-c2nc3ccc4ccc5cc(-c6nc(-c7ccccc7)c7ccccc7n6)ccc5c4c3o2)cc1. The van der Waals surface area contributed by atoms with Crippen molar-refractivity contribution >= 4 is 43.5 Å². The fourth-order valence-corrected chi connectivity index (χ4v) is 5.40. The molecule has 0 amide bonds. The fourth-order valence-electron chi connectivity index (χ4n) is 5.40. The lowest BCUT2D eigenvalue weighted by Gasteiger charge is -2.10. The summed E-state index contributed by atoms with van der Waals surface area (Å²) in [4.78, 5) is 14.8. The Morgan fingerprint density at radius 2 is 1.18 bits per heavy atom. The van der Waals surface area contributed by atoms with Crippen LogP contribution in [-0.4, -0.2) is 15.0 Å². The average molecular weight is 500 g/mol. The van der Waals surface area contributed by atoms with E-state index in [-0.39, 0.29) is 0 Å². The van der Waals surface area contributed by atoms with Gasteiger partial charge in [0.15, 0.2) is 11.4 Å². The first-order chi connectivity index (χ1) is 19.3. The first kappa shape index (κ1) is 21.7. The van der Waals surface area contributed by atoms with Gasteiger partial charge >= 0.3 is 0 Å². The van der Waals surface area contributed by atoms with Crippen molar-refractivity contribution in [3.8, 4) is 34.1 Å². The summed E-state index contributed by atoms with van der Waals surface area (Å²) in [6.07, 6.45) is 0. The highest BCUT2D eigenvalue weighted by molar-refractivity contribution is 6.18. The van der Waals surface area contributed by atoms with Gasteiger partial charge < -0.3 is 4.42 Å². The molecule has 0 bridgehead atoms. The zero-order chi connectivity index (χ0) is 25.8. The molecule has 0 N–H and O–H groups in total. The van der Waals surface area contributed by atoms with Crippen LogP contribution >= 0.6 is 0 Å². The molecule has 4 nitrogen and oxygen atoms in total. The molecule has 0 atom stereocenters. The molecule has 2 aromatic heterocycles. The van der Waals surface area contributed by atoms with E-state index in [9.17, 15) is 0 Å². The van der Waals surface area contributed by atoms with Crippen LogP contribution in [0.15, 0.2) is 132 Å². The Morgan fingerprint density at radius 3 is 2.03 bits per heavy atom. The molecule has 39 heavy (non-hydrogen) atoms. The third kappa shape index (κ3) is 3.57. The van der Waals surface area contributed by atoms with Gasteiger partial charge in [0.25, 0.3) is 0 Å². The summed E-state index contributed by atoms with van der Waals surface area (Å²) >= 11 is 0. The highest BCUT2D eigenvalue weighted by Gasteiger charge is 2.15. The predicted octanol–water partition coefficient (Wildman–Crippen LogP) is 9.08. The molecular formula is C35H21N3O. The first-order valence-corrected chi connectivity index (χ1v) is 13.0. The molecular weight excluding hydrogens is 478 g/mol. The molecule has 0 spiro atoms. The Bertz CT molecular complexity index is 2170. The maximum Gasteiger partial charge on any atom is 0.227 e. The van der Waals surface area contributed by atoms with Gasteiger partial charge in [-0.25, -0.2) is 15.0 Å². The van der Waals surface area contributed by atoms with Crippen molar-refractivity contribution in [3.63, 3.8) is 0 Å². The summed E-state index contributed by atoms with van der Waals surface area (Å²) in [5.74, 6) is 1.34. The van der Waals surface area contributed by atoms with Gasteiger partial charge in [0.2, 0.25) is 5.89 Å². The largest absolute Gasteiger partial charge is 0.435 e. The van der Waals surface area contributed by atoms with Gasteiger partial charge in [0.05, 0.1) is 11.2 Å². The number of para-hydroxylation sites is 1. The number of rotatable bonds is 3. The summed E-state index contributed by atoms with van der Waals surface area (Å²) in [7, 11) is 0. The quantitative estimate of drug-likeness (QED) is 0.228. The van der Waals surface area contributed by atoms with Gasteiger partial charge in [-0.2, -0.15) is 0 Å². The highest BCUT2D eigenvalue weighted by atomic mass is 16.3. The smallest absolute Gasteiger partial charge is 0.227 e. The van der Waals surface area contributed by atoms with Gasteiger partial charge in [-0.1, -0.05) is 97.1 Å². The van der Waals surface area contributed by atoms with E-state index >= 15 is 0 Å². The number of hydrogen-bond donors (Lipinski definition) is 0. The molecule has 8 rings (SSSR count). The lowest BCUT2D eigenvalue weighted by Crippen LogP contribution is -1.95. The maximum absolute atomic E-state index is 6.37. The van der Waals surface area contributed by atoms with Crippen LogP contribution in [0.4, 0.5) is 0 Å². The molecule has 0 aliphatic rings. The normalized spacial score (nSPS) is 11.6. The van der Waals surface area contributed by atoms with Crippen LogP contribution < -0.4 is 0 Å². The third-order valence-electron chi connectivity index (χ3n) is 7.28. The van der Waals surface area contributed by atoms with Crippen molar-refractivity contribution in [1.82, 2.24) is 15.0 Å². The molecule has 6 aromatic carbocycles. The zero-order valence-corrected chi connectivity index (χ0v) is 20.9. The minimum Gasteiger partial charge on any atom is -0.435 e. The number of benzene rings is 6. The number of oxazole rings is 1. The molecule has 0 saturated heterocycles. The van der Waals surface area contributed by atoms with Crippen LogP contribution in [0.3, 0.4) is 0 Å². The number of aromatic nitrogens is 3. The van der Waals surface area contributed by atoms with E-state index in [1.807, 2.05) is 72.8 Å². The van der Waals surface area contributed by atoms with Crippen LogP contribution in [0.1, 0.15) is 0 Å². The summed E-state index contributed by atoms with van der Waals surface area (Å²) in [5.41, 5.74) is 6.53. The topological polar surface area (TPSA) is 51.8 Å². The number of hydrogen-bond acceptors (Lipinski definition) is 4. The molecule has 2 heterocycles. The molecule has 0 saturated carbocycles. The monoisotopic (exact) mass is 499 g/mol. The zero-order valence-electron chi connectivity index (χ0n) is 20.9. The molecule has 0 unspecified atom stereocenters. The Labute approximate surface area is 224 Å². The first-order valence-electron chi connectivity index (χ1n) is 13.0. The van der Waals surface area contributed by atoms with Crippen LogP contribution in [0.25, 0.3) is 77.6 Å². The number of nitrogens with zero attached hydrogens (tertiary/aromatic N) is 3. The maximum atomic E-state index is 6.37. The van der Waals surface area contributed by atoms with Crippen LogP contribution in [-0.2, 0) is 0 Å². The third-order valence-corrected chi connectivity index (χ3v) is 7.28. The lowest BCUT2D eigenvalue weighted by atomic mass is 9.99. The van der Waals surface area contributed by atoms with Crippen molar-refractivity contribution in [2.45, 2.75) is 0 Å². The van der Waals surface area contributed by atoms with Crippen LogP contribution in [0.5, 0.6) is 0 Å². The van der Waals surface area contributed by atoms with E-state index in [0.717, 1.165) is 65.9 Å². The highest BCUT2D eigenvalue weighted by Crippen LogP contribution is 2.36. The van der Waals surface area contributed by atoms with Crippen molar-refractivity contribution in [2.75, 3.05) is 0 Å². The average Bonchev–Trinajstić information content (AvgIpc) is 3.46. The van der Waals surface area contributed by atoms with Crippen LogP contribution in [0.2, 0.25) is 0 Å². The minimum absolute atomic E-state index is 0.629. The van der Waals surface area contributed by atoms with E-state index < -0.39 is 0 Å². The molecule has 0 aliphatic carbocycles. The minimum atomic E-state index is 0.629. The molecule has 4 heteroatoms. The van der Waals surface area contributed by atoms with Gasteiger partial charge in [-0.05, 0) is 46.5 Å². The lowest BCUT2D eigenvalue weighted by molar-refractivity contribution is 0.623. The van der Waals surface area contributed by atoms with Gasteiger partial charge in [-0.15, -0.1) is 0 Å². The molecule has 0 fully saturated rings. The summed E-state index contributed by atoms with van der Waals surface area (Å²) in [6.45, 7) is 0. The number of fused-ring (bicyclic) bond motifs is 6.